The van der Waals surface area contributed by atoms with Gasteiger partial charge in [-0.3, -0.25) is 0 Å². The van der Waals surface area contributed by atoms with Crippen molar-refractivity contribution in [1.29, 1.82) is 0 Å². The molecule has 0 aromatic rings. The summed E-state index contributed by atoms with van der Waals surface area (Å²) in [5.41, 5.74) is 0. The van der Waals surface area contributed by atoms with Crippen molar-refractivity contribution in [3.05, 3.63) is 0 Å². The minimum Gasteiger partial charge on any atom is -0.380 e. The van der Waals surface area contributed by atoms with E-state index in [1.54, 1.807) is 0 Å². The molecule has 0 bridgehead atoms. The quantitative estimate of drug-likeness (QED) is 0.523. The molecule has 0 atom stereocenters. The van der Waals surface area contributed by atoms with Gasteiger partial charge in [0.25, 0.3) is 0 Å². The van der Waals surface area contributed by atoms with E-state index in [9.17, 15) is 13.2 Å². The molecule has 0 aromatic carbocycles. The highest BCUT2D eigenvalue weighted by Gasteiger charge is 2.26. The standard InChI is InChI=1S/C5H8BrF3O/c6-2-4-10-3-1-5(7,8)9/h1-4H2. The third-order valence-corrected chi connectivity index (χ3v) is 1.08. The molecule has 1 nitrogen and oxygen atoms in total. The van der Waals surface area contributed by atoms with E-state index in [0.29, 0.717) is 11.9 Å². The van der Waals surface area contributed by atoms with Crippen molar-refractivity contribution in [2.45, 2.75) is 12.6 Å². The summed E-state index contributed by atoms with van der Waals surface area (Å²) >= 11 is 3.02. The molecule has 0 saturated heterocycles. The minimum atomic E-state index is -4.09. The zero-order chi connectivity index (χ0) is 8.04. The molecule has 0 rings (SSSR count). The normalized spacial score (nSPS) is 12.0. The molecule has 0 N–H and O–H groups in total. The summed E-state index contributed by atoms with van der Waals surface area (Å²) in [6, 6.07) is 0. The predicted molar refractivity (Wildman–Crippen MR) is 35.3 cm³/mol. The summed E-state index contributed by atoms with van der Waals surface area (Å²) in [6.07, 6.45) is -4.95. The number of hydrogen-bond acceptors (Lipinski definition) is 1. The second kappa shape index (κ2) is 4.96. The average molecular weight is 221 g/mol. The molecule has 0 amide bonds. The minimum absolute atomic E-state index is 0.241. The Morgan fingerprint density at radius 3 is 2.20 bits per heavy atom. The van der Waals surface area contributed by atoms with E-state index < -0.39 is 12.6 Å². The van der Waals surface area contributed by atoms with Gasteiger partial charge in [0.05, 0.1) is 19.6 Å². The molecule has 0 radical (unpaired) electrons. The van der Waals surface area contributed by atoms with E-state index in [2.05, 4.69) is 20.7 Å². The highest BCUT2D eigenvalue weighted by atomic mass is 79.9. The number of alkyl halides is 4. The third-order valence-electron chi connectivity index (χ3n) is 0.751. The smallest absolute Gasteiger partial charge is 0.380 e. The first kappa shape index (κ1) is 10.2. The SMILES string of the molecule is FC(F)(F)CCOCCBr. The van der Waals surface area contributed by atoms with Crippen molar-refractivity contribution >= 4 is 15.9 Å². The van der Waals surface area contributed by atoms with Crippen LogP contribution < -0.4 is 0 Å². The van der Waals surface area contributed by atoms with Gasteiger partial charge in [-0.2, -0.15) is 13.2 Å². The van der Waals surface area contributed by atoms with Crippen LogP contribution in [0.2, 0.25) is 0 Å². The number of hydrogen-bond donors (Lipinski definition) is 0. The number of halogens is 4. The van der Waals surface area contributed by atoms with E-state index in [4.69, 9.17) is 0 Å². The van der Waals surface area contributed by atoms with Gasteiger partial charge in [0.15, 0.2) is 0 Å². The Hall–Kier alpha value is 0.230. The lowest BCUT2D eigenvalue weighted by Crippen LogP contribution is -2.12. The van der Waals surface area contributed by atoms with Gasteiger partial charge in [0.2, 0.25) is 0 Å². The molecule has 62 valence electrons. The Morgan fingerprint density at radius 2 is 1.80 bits per heavy atom. The van der Waals surface area contributed by atoms with Crippen LogP contribution >= 0.6 is 15.9 Å². The topological polar surface area (TPSA) is 9.23 Å². The van der Waals surface area contributed by atoms with Crippen molar-refractivity contribution in [3.63, 3.8) is 0 Å². The third kappa shape index (κ3) is 8.23. The lowest BCUT2D eigenvalue weighted by Gasteiger charge is -2.05. The van der Waals surface area contributed by atoms with E-state index >= 15 is 0 Å². The fourth-order valence-electron chi connectivity index (χ4n) is 0.345. The monoisotopic (exact) mass is 220 g/mol. The molecule has 0 saturated carbocycles. The Kier molecular flexibility index (Phi) is 5.07. The fourth-order valence-corrected chi connectivity index (χ4v) is 0.573. The van der Waals surface area contributed by atoms with E-state index in [1.165, 1.54) is 0 Å². The van der Waals surface area contributed by atoms with Crippen LogP contribution in [0.1, 0.15) is 6.42 Å². The zero-order valence-corrected chi connectivity index (χ0v) is 6.83. The van der Waals surface area contributed by atoms with Crippen LogP contribution in [0.3, 0.4) is 0 Å². The van der Waals surface area contributed by atoms with Crippen molar-refractivity contribution in [3.8, 4) is 0 Å². The van der Waals surface area contributed by atoms with E-state index in [1.807, 2.05) is 0 Å². The molecular weight excluding hydrogens is 213 g/mol. The molecule has 0 spiro atoms. The molecule has 0 heterocycles. The maximum atomic E-state index is 11.4. The van der Waals surface area contributed by atoms with Gasteiger partial charge in [-0.15, -0.1) is 0 Å². The van der Waals surface area contributed by atoms with Crippen molar-refractivity contribution in [1.82, 2.24) is 0 Å². The second-order valence-electron chi connectivity index (χ2n) is 1.67. The zero-order valence-electron chi connectivity index (χ0n) is 5.25. The van der Waals surface area contributed by atoms with Crippen molar-refractivity contribution in [2.24, 2.45) is 0 Å². The lowest BCUT2D eigenvalue weighted by atomic mass is 10.4. The van der Waals surface area contributed by atoms with Crippen molar-refractivity contribution < 1.29 is 17.9 Å². The van der Waals surface area contributed by atoms with Gasteiger partial charge in [0, 0.05) is 5.33 Å². The highest BCUT2D eigenvalue weighted by Crippen LogP contribution is 2.18. The first-order valence-corrected chi connectivity index (χ1v) is 3.89. The van der Waals surface area contributed by atoms with Crippen LogP contribution in [0, 0.1) is 0 Å². The molecule has 10 heavy (non-hydrogen) atoms. The summed E-state index contributed by atoms with van der Waals surface area (Å²) in [6.45, 7) is 0.0885. The molecule has 5 heteroatoms. The first-order chi connectivity index (χ1) is 4.56. The van der Waals surface area contributed by atoms with E-state index in [0.717, 1.165) is 0 Å². The predicted octanol–water partition coefficient (Wildman–Crippen LogP) is 2.35. The maximum absolute atomic E-state index is 11.4. The average Bonchev–Trinajstić information content (AvgIpc) is 1.78. The largest absolute Gasteiger partial charge is 0.391 e. The molecule has 0 aliphatic carbocycles. The summed E-state index contributed by atoms with van der Waals surface area (Å²) in [7, 11) is 0. The molecule has 0 aromatic heterocycles. The number of rotatable bonds is 4. The Morgan fingerprint density at radius 1 is 1.20 bits per heavy atom. The van der Waals surface area contributed by atoms with Crippen molar-refractivity contribution in [2.75, 3.05) is 18.5 Å². The molecule has 0 fully saturated rings. The van der Waals surface area contributed by atoms with Crippen LogP contribution in [-0.2, 0) is 4.74 Å². The molecule has 0 unspecified atom stereocenters. The second-order valence-corrected chi connectivity index (χ2v) is 2.46. The summed E-state index contributed by atoms with van der Waals surface area (Å²) < 4.78 is 38.8. The number of ether oxygens (including phenoxy) is 1. The van der Waals surface area contributed by atoms with Gasteiger partial charge in [0.1, 0.15) is 0 Å². The van der Waals surface area contributed by atoms with Crippen LogP contribution in [-0.4, -0.2) is 24.7 Å². The fraction of sp³-hybridized carbons (Fsp3) is 1.00. The summed E-state index contributed by atoms with van der Waals surface area (Å²) in [5, 5.41) is 0.574. The molecular formula is C5H8BrF3O. The lowest BCUT2D eigenvalue weighted by molar-refractivity contribution is -0.144. The van der Waals surface area contributed by atoms with Crippen LogP contribution in [0.15, 0.2) is 0 Å². The molecule has 0 aliphatic heterocycles. The molecule has 0 aliphatic rings. The highest BCUT2D eigenvalue weighted by molar-refractivity contribution is 9.09. The summed E-state index contributed by atoms with van der Waals surface area (Å²) in [5.74, 6) is 0. The first-order valence-electron chi connectivity index (χ1n) is 2.77. The van der Waals surface area contributed by atoms with Gasteiger partial charge in [-0.25, -0.2) is 0 Å². The van der Waals surface area contributed by atoms with Crippen LogP contribution in [0.5, 0.6) is 0 Å². The van der Waals surface area contributed by atoms with Crippen LogP contribution in [0.4, 0.5) is 13.2 Å². The van der Waals surface area contributed by atoms with Crippen LogP contribution in [0.25, 0.3) is 0 Å². The van der Waals surface area contributed by atoms with Gasteiger partial charge < -0.3 is 4.74 Å². The maximum Gasteiger partial charge on any atom is 0.391 e. The Labute approximate surface area is 65.7 Å². The van der Waals surface area contributed by atoms with Gasteiger partial charge >= 0.3 is 6.18 Å². The Bertz CT molecular complexity index is 83.5. The van der Waals surface area contributed by atoms with Gasteiger partial charge in [-0.05, 0) is 0 Å². The summed E-state index contributed by atoms with van der Waals surface area (Å²) in [4.78, 5) is 0. The Balaban J connectivity index is 3.04. The van der Waals surface area contributed by atoms with Gasteiger partial charge in [-0.1, -0.05) is 15.9 Å². The van der Waals surface area contributed by atoms with E-state index in [-0.39, 0.29) is 6.61 Å².